The lowest BCUT2D eigenvalue weighted by Crippen LogP contribution is -2.43. The summed E-state index contributed by atoms with van der Waals surface area (Å²) in [5.41, 5.74) is 1.23. The second kappa shape index (κ2) is 7.27. The van der Waals surface area contributed by atoms with E-state index >= 15 is 0 Å². The van der Waals surface area contributed by atoms with Gasteiger partial charge in [0.2, 0.25) is 5.91 Å². The first kappa shape index (κ1) is 18.5. The Labute approximate surface area is 164 Å². The van der Waals surface area contributed by atoms with E-state index in [1.807, 2.05) is 17.0 Å². The summed E-state index contributed by atoms with van der Waals surface area (Å²) in [6.07, 6.45) is 1.52. The van der Waals surface area contributed by atoms with Gasteiger partial charge in [0, 0.05) is 18.7 Å². The maximum atomic E-state index is 12.8. The molecule has 2 heterocycles. The van der Waals surface area contributed by atoms with Gasteiger partial charge >= 0.3 is 0 Å². The Morgan fingerprint density at radius 2 is 1.93 bits per heavy atom. The molecule has 1 fully saturated rings. The Hall–Kier alpha value is -2.87. The minimum absolute atomic E-state index is 0.107. The number of anilines is 1. The van der Waals surface area contributed by atoms with Crippen LogP contribution in [-0.4, -0.2) is 45.3 Å². The fourth-order valence-corrected chi connectivity index (χ4v) is 4.91. The lowest BCUT2D eigenvalue weighted by Gasteiger charge is -2.33. The van der Waals surface area contributed by atoms with E-state index in [0.717, 1.165) is 12.8 Å². The van der Waals surface area contributed by atoms with Crippen LogP contribution in [0.5, 0.6) is 5.75 Å². The van der Waals surface area contributed by atoms with Crippen LogP contribution in [0.3, 0.4) is 0 Å². The number of nitrogens with zero attached hydrogens (tertiary/aromatic N) is 2. The van der Waals surface area contributed by atoms with Crippen molar-refractivity contribution in [3.05, 3.63) is 54.1 Å². The van der Waals surface area contributed by atoms with E-state index in [-0.39, 0.29) is 16.7 Å². The lowest BCUT2D eigenvalue weighted by atomic mass is 9.96. The quantitative estimate of drug-likeness (QED) is 0.857. The highest BCUT2D eigenvalue weighted by Crippen LogP contribution is 2.30. The number of rotatable bonds is 3. The largest absolute Gasteiger partial charge is 0.495 e. The van der Waals surface area contributed by atoms with Gasteiger partial charge in [-0.1, -0.05) is 24.3 Å². The van der Waals surface area contributed by atoms with Crippen LogP contribution in [0.15, 0.2) is 57.8 Å². The van der Waals surface area contributed by atoms with E-state index < -0.39 is 10.0 Å². The van der Waals surface area contributed by atoms with Crippen LogP contribution in [0.1, 0.15) is 18.4 Å². The number of hydrogen-bond acceptors (Lipinski definition) is 5. The fourth-order valence-electron chi connectivity index (χ4n) is 3.68. The maximum absolute atomic E-state index is 12.8. The van der Waals surface area contributed by atoms with Crippen LogP contribution in [0, 0.1) is 5.92 Å². The molecule has 1 atom stereocenters. The molecule has 7 nitrogen and oxygen atoms in total. The normalized spacial score (nSPS) is 20.2. The first-order chi connectivity index (χ1) is 13.5. The third kappa shape index (κ3) is 3.35. The van der Waals surface area contributed by atoms with Gasteiger partial charge in [-0.3, -0.25) is 4.79 Å². The van der Waals surface area contributed by atoms with Crippen LogP contribution in [0.25, 0.3) is 0 Å². The zero-order valence-electron chi connectivity index (χ0n) is 15.5. The van der Waals surface area contributed by atoms with Gasteiger partial charge in [0.15, 0.2) is 5.84 Å². The second-order valence-corrected chi connectivity index (χ2v) is 8.43. The summed E-state index contributed by atoms with van der Waals surface area (Å²) in [5, 5.41) is 2.93. The molecule has 2 aliphatic rings. The molecule has 0 aromatic heterocycles. The predicted octanol–water partition coefficient (Wildman–Crippen LogP) is 2.49. The Bertz CT molecular complexity index is 1050. The number of sulfonamides is 1. The van der Waals surface area contributed by atoms with E-state index in [1.54, 1.807) is 43.5 Å². The molecule has 1 amide bonds. The van der Waals surface area contributed by atoms with Crippen molar-refractivity contribution in [3.63, 3.8) is 0 Å². The summed E-state index contributed by atoms with van der Waals surface area (Å²) in [6.45, 7) is 1.09. The Kier molecular flexibility index (Phi) is 4.80. The summed E-state index contributed by atoms with van der Waals surface area (Å²) >= 11 is 0. The third-order valence-electron chi connectivity index (χ3n) is 5.07. The fraction of sp³-hybridized carbons (Fsp3) is 0.300. The molecular formula is C20H21N3O4S. The minimum Gasteiger partial charge on any atom is -0.495 e. The number of ether oxygens (including phenoxy) is 1. The van der Waals surface area contributed by atoms with Gasteiger partial charge in [-0.05, 0) is 37.1 Å². The standard InChI is InChI=1S/C20H21N3O4S/c1-27-17-10-4-3-9-16(17)21-20(24)14-7-6-12-23(13-14)19-15-8-2-5-11-18(15)28(25,26)22-19/h2-5,8-11,14H,6-7,12-13H2,1H3,(H,21,24)/t14-/m1/s1. The molecule has 0 aliphatic carbocycles. The molecule has 1 saturated heterocycles. The van der Waals surface area contributed by atoms with Crippen molar-refractivity contribution in [2.24, 2.45) is 10.3 Å². The summed E-state index contributed by atoms with van der Waals surface area (Å²) in [6, 6.07) is 14.1. The molecule has 2 aromatic carbocycles. The molecule has 0 bridgehead atoms. The van der Waals surface area contributed by atoms with Crippen LogP contribution >= 0.6 is 0 Å². The van der Waals surface area contributed by atoms with E-state index in [4.69, 9.17) is 4.74 Å². The highest BCUT2D eigenvalue weighted by atomic mass is 32.2. The summed E-state index contributed by atoms with van der Waals surface area (Å²) in [4.78, 5) is 14.9. The maximum Gasteiger partial charge on any atom is 0.285 e. The third-order valence-corrected chi connectivity index (χ3v) is 6.39. The number of fused-ring (bicyclic) bond motifs is 1. The van der Waals surface area contributed by atoms with E-state index in [2.05, 4.69) is 9.71 Å². The first-order valence-corrected chi connectivity index (χ1v) is 10.6. The lowest BCUT2D eigenvalue weighted by molar-refractivity contribution is -0.121. The molecule has 1 N–H and O–H groups in total. The highest BCUT2D eigenvalue weighted by molar-refractivity contribution is 7.90. The number of amidine groups is 1. The van der Waals surface area contributed by atoms with Crippen LogP contribution < -0.4 is 10.1 Å². The Morgan fingerprint density at radius 3 is 2.75 bits per heavy atom. The zero-order valence-corrected chi connectivity index (χ0v) is 16.3. The van der Waals surface area contributed by atoms with Crippen LogP contribution in [0.2, 0.25) is 0 Å². The van der Waals surface area contributed by atoms with Gasteiger partial charge in [0.05, 0.1) is 18.7 Å². The minimum atomic E-state index is -3.67. The van der Waals surface area contributed by atoms with Crippen LogP contribution in [0.4, 0.5) is 5.69 Å². The topological polar surface area (TPSA) is 88.1 Å². The SMILES string of the molecule is COc1ccccc1NC(=O)[C@@H]1CCCN(C2=NS(=O)(=O)c3ccccc32)C1. The number of likely N-dealkylation sites (tertiary alicyclic amines) is 1. The van der Waals surface area contributed by atoms with Crippen molar-refractivity contribution in [2.75, 3.05) is 25.5 Å². The number of hydrogen-bond donors (Lipinski definition) is 1. The van der Waals surface area contributed by atoms with Gasteiger partial charge in [0.1, 0.15) is 10.6 Å². The molecule has 28 heavy (non-hydrogen) atoms. The molecule has 8 heteroatoms. The summed E-state index contributed by atoms with van der Waals surface area (Å²) < 4.78 is 33.9. The smallest absolute Gasteiger partial charge is 0.285 e. The molecule has 4 rings (SSSR count). The van der Waals surface area contributed by atoms with E-state index in [9.17, 15) is 13.2 Å². The number of para-hydroxylation sites is 2. The number of carbonyl (C=O) groups excluding carboxylic acids is 1. The van der Waals surface area contributed by atoms with Crippen molar-refractivity contribution >= 4 is 27.5 Å². The molecule has 2 aromatic rings. The molecule has 0 saturated carbocycles. The molecule has 146 valence electrons. The van der Waals surface area contributed by atoms with Crippen LogP contribution in [-0.2, 0) is 14.8 Å². The average Bonchev–Trinajstić information content (AvgIpc) is 3.00. The molecule has 0 radical (unpaired) electrons. The predicted molar refractivity (Wildman–Crippen MR) is 106 cm³/mol. The van der Waals surface area contributed by atoms with Gasteiger partial charge in [-0.25, -0.2) is 0 Å². The number of methoxy groups -OCH3 is 1. The molecule has 0 unspecified atom stereocenters. The Balaban J connectivity index is 1.53. The highest BCUT2D eigenvalue weighted by Gasteiger charge is 2.35. The van der Waals surface area contributed by atoms with E-state index in [0.29, 0.717) is 35.9 Å². The number of amides is 1. The van der Waals surface area contributed by atoms with Crippen molar-refractivity contribution in [2.45, 2.75) is 17.7 Å². The van der Waals surface area contributed by atoms with Crippen molar-refractivity contribution in [1.82, 2.24) is 4.90 Å². The monoisotopic (exact) mass is 399 g/mol. The summed E-state index contributed by atoms with van der Waals surface area (Å²) in [5.74, 6) is 0.662. The number of piperidine rings is 1. The Morgan fingerprint density at radius 1 is 1.18 bits per heavy atom. The second-order valence-electron chi connectivity index (χ2n) is 6.86. The van der Waals surface area contributed by atoms with Crippen molar-refractivity contribution < 1.29 is 17.9 Å². The van der Waals surface area contributed by atoms with Crippen molar-refractivity contribution in [1.29, 1.82) is 0 Å². The van der Waals surface area contributed by atoms with E-state index in [1.165, 1.54) is 0 Å². The van der Waals surface area contributed by atoms with Gasteiger partial charge in [-0.2, -0.15) is 8.42 Å². The molecule has 0 spiro atoms. The zero-order chi connectivity index (χ0) is 19.7. The van der Waals surface area contributed by atoms with Gasteiger partial charge in [0.25, 0.3) is 10.0 Å². The number of benzene rings is 2. The number of carbonyl (C=O) groups is 1. The van der Waals surface area contributed by atoms with Gasteiger partial charge in [-0.15, -0.1) is 4.40 Å². The average molecular weight is 399 g/mol. The molecular weight excluding hydrogens is 378 g/mol. The first-order valence-electron chi connectivity index (χ1n) is 9.13. The van der Waals surface area contributed by atoms with Crippen molar-refractivity contribution in [3.8, 4) is 5.75 Å². The molecule has 2 aliphatic heterocycles. The number of nitrogens with one attached hydrogen (secondary N) is 1. The van der Waals surface area contributed by atoms with Gasteiger partial charge < -0.3 is 15.0 Å². The summed E-state index contributed by atoms with van der Waals surface area (Å²) in [7, 11) is -2.11.